The summed E-state index contributed by atoms with van der Waals surface area (Å²) in [6.45, 7) is 0.0924. The Bertz CT molecular complexity index is 413. The highest BCUT2D eigenvalue weighted by molar-refractivity contribution is 5.94. The number of rotatable bonds is 4. The number of carbonyl (C=O) groups excluding carboxylic acids is 1. The van der Waals surface area contributed by atoms with E-state index in [1.807, 2.05) is 0 Å². The highest BCUT2D eigenvalue weighted by atomic mass is 35.5. The van der Waals surface area contributed by atoms with E-state index >= 15 is 0 Å². The van der Waals surface area contributed by atoms with Crippen LogP contribution in [0.4, 0.5) is 18.9 Å². The number of pyridine rings is 1. The van der Waals surface area contributed by atoms with Crippen LogP contribution in [0.1, 0.15) is 6.92 Å². The zero-order valence-electron chi connectivity index (χ0n) is 10.3. The molecule has 0 bridgehead atoms. The van der Waals surface area contributed by atoms with Crippen molar-refractivity contribution in [2.75, 3.05) is 11.9 Å². The van der Waals surface area contributed by atoms with Gasteiger partial charge in [-0.25, -0.2) is 4.98 Å². The average Bonchev–Trinajstić information content (AvgIpc) is 2.27. The van der Waals surface area contributed by atoms with E-state index in [1.165, 1.54) is 25.3 Å². The van der Waals surface area contributed by atoms with Crippen LogP contribution in [0.3, 0.4) is 0 Å². The van der Waals surface area contributed by atoms with Crippen molar-refractivity contribution >= 4 is 36.4 Å². The number of aromatic nitrogens is 1. The number of anilines is 1. The van der Waals surface area contributed by atoms with Crippen molar-refractivity contribution in [3.05, 3.63) is 18.3 Å². The van der Waals surface area contributed by atoms with Gasteiger partial charge in [0.05, 0.1) is 17.9 Å². The van der Waals surface area contributed by atoms with Gasteiger partial charge in [-0.3, -0.25) is 4.79 Å². The highest BCUT2D eigenvalue weighted by Crippen LogP contribution is 2.17. The van der Waals surface area contributed by atoms with Crippen molar-refractivity contribution in [1.82, 2.24) is 4.98 Å². The average molecular weight is 336 g/mol. The summed E-state index contributed by atoms with van der Waals surface area (Å²) >= 11 is 0. The first-order chi connectivity index (χ1) is 8.28. The summed E-state index contributed by atoms with van der Waals surface area (Å²) < 4.78 is 40.0. The standard InChI is InChI=1S/C10H12F3N3O2.2ClH/c1-6(14)9(17)16-7-2-3-8(15-4-7)18-5-10(11,12)13;;/h2-4,6H,5,14H2,1H3,(H,16,17);2*1H/t6-;;/m1../s1. The molecule has 0 saturated heterocycles. The normalized spacial score (nSPS) is 11.7. The van der Waals surface area contributed by atoms with Gasteiger partial charge in [0.1, 0.15) is 0 Å². The van der Waals surface area contributed by atoms with Gasteiger partial charge in [-0.15, -0.1) is 24.8 Å². The van der Waals surface area contributed by atoms with E-state index in [0.717, 1.165) is 0 Å². The zero-order valence-corrected chi connectivity index (χ0v) is 11.9. The van der Waals surface area contributed by atoms with E-state index in [4.69, 9.17) is 5.73 Å². The molecule has 1 amide bonds. The van der Waals surface area contributed by atoms with Crippen molar-refractivity contribution < 1.29 is 22.7 Å². The van der Waals surface area contributed by atoms with E-state index in [9.17, 15) is 18.0 Å². The molecule has 0 aliphatic heterocycles. The molecule has 1 heterocycles. The lowest BCUT2D eigenvalue weighted by atomic mass is 10.3. The smallest absolute Gasteiger partial charge is 0.422 e. The van der Waals surface area contributed by atoms with Crippen molar-refractivity contribution in [2.45, 2.75) is 19.1 Å². The molecular formula is C10H14Cl2F3N3O2. The number of hydrogen-bond acceptors (Lipinski definition) is 4. The molecule has 0 aliphatic rings. The largest absolute Gasteiger partial charge is 0.468 e. The molecule has 0 fully saturated rings. The van der Waals surface area contributed by atoms with Crippen LogP contribution < -0.4 is 15.8 Å². The summed E-state index contributed by atoms with van der Waals surface area (Å²) in [6.07, 6.45) is -3.23. The first kappa shape index (κ1) is 21.1. The maximum atomic E-state index is 11.9. The molecule has 0 spiro atoms. The van der Waals surface area contributed by atoms with Crippen molar-refractivity contribution in [3.8, 4) is 5.88 Å². The lowest BCUT2D eigenvalue weighted by molar-refractivity contribution is -0.154. The van der Waals surface area contributed by atoms with Gasteiger partial charge in [-0.05, 0) is 13.0 Å². The van der Waals surface area contributed by atoms with Crippen LogP contribution in [0.15, 0.2) is 18.3 Å². The predicted molar refractivity (Wildman–Crippen MR) is 72.6 cm³/mol. The molecule has 1 rings (SSSR count). The summed E-state index contributed by atoms with van der Waals surface area (Å²) in [5, 5.41) is 2.44. The molecule has 0 aliphatic carbocycles. The van der Waals surface area contributed by atoms with E-state index < -0.39 is 24.7 Å². The number of amides is 1. The number of nitrogens with zero attached hydrogens (tertiary/aromatic N) is 1. The van der Waals surface area contributed by atoms with Gasteiger partial charge >= 0.3 is 6.18 Å². The molecule has 20 heavy (non-hydrogen) atoms. The zero-order chi connectivity index (χ0) is 13.8. The molecule has 0 aromatic carbocycles. The Kier molecular flexibility index (Phi) is 9.29. The van der Waals surface area contributed by atoms with Crippen LogP contribution in [0.5, 0.6) is 5.88 Å². The Morgan fingerprint density at radius 3 is 2.45 bits per heavy atom. The molecular weight excluding hydrogens is 322 g/mol. The Balaban J connectivity index is 0. The topological polar surface area (TPSA) is 77.2 Å². The lowest BCUT2D eigenvalue weighted by Gasteiger charge is -2.10. The third kappa shape index (κ3) is 8.03. The van der Waals surface area contributed by atoms with Crippen LogP contribution in [0.25, 0.3) is 0 Å². The van der Waals surface area contributed by atoms with Gasteiger partial charge in [0.25, 0.3) is 0 Å². The molecule has 1 aromatic heterocycles. The van der Waals surface area contributed by atoms with E-state index in [0.29, 0.717) is 5.69 Å². The van der Waals surface area contributed by atoms with E-state index in [2.05, 4.69) is 15.0 Å². The molecule has 0 radical (unpaired) electrons. The number of carbonyl (C=O) groups is 1. The molecule has 0 unspecified atom stereocenters. The van der Waals surface area contributed by atoms with Crippen LogP contribution >= 0.6 is 24.8 Å². The molecule has 10 heteroatoms. The Morgan fingerprint density at radius 1 is 1.45 bits per heavy atom. The monoisotopic (exact) mass is 335 g/mol. The minimum atomic E-state index is -4.41. The third-order valence-electron chi connectivity index (χ3n) is 1.80. The third-order valence-corrected chi connectivity index (χ3v) is 1.80. The van der Waals surface area contributed by atoms with Gasteiger partial charge in [0.2, 0.25) is 11.8 Å². The molecule has 1 aromatic rings. The summed E-state index contributed by atoms with van der Waals surface area (Å²) in [6, 6.07) is 1.91. The van der Waals surface area contributed by atoms with E-state index in [-0.39, 0.29) is 30.7 Å². The number of nitrogens with one attached hydrogen (secondary N) is 1. The summed E-state index contributed by atoms with van der Waals surface area (Å²) in [7, 11) is 0. The number of ether oxygens (including phenoxy) is 1. The number of halogens is 5. The summed E-state index contributed by atoms with van der Waals surface area (Å²) in [5.74, 6) is -0.591. The van der Waals surface area contributed by atoms with Crippen LogP contribution in [0, 0.1) is 0 Å². The van der Waals surface area contributed by atoms with Gasteiger partial charge < -0.3 is 15.8 Å². The second kappa shape index (κ2) is 8.83. The molecule has 5 nitrogen and oxygen atoms in total. The first-order valence-corrected chi connectivity index (χ1v) is 5.00. The first-order valence-electron chi connectivity index (χ1n) is 5.00. The number of alkyl halides is 3. The summed E-state index contributed by atoms with van der Waals surface area (Å²) in [5.41, 5.74) is 5.66. The summed E-state index contributed by atoms with van der Waals surface area (Å²) in [4.78, 5) is 14.8. The predicted octanol–water partition coefficient (Wildman–Crippen LogP) is 2.15. The van der Waals surface area contributed by atoms with E-state index in [1.54, 1.807) is 0 Å². The minimum Gasteiger partial charge on any atom is -0.468 e. The minimum absolute atomic E-state index is 0. The number of nitrogens with two attached hydrogens (primary N) is 1. The SMILES string of the molecule is C[C@@H](N)C(=O)Nc1ccc(OCC(F)(F)F)nc1.Cl.Cl. The van der Waals surface area contributed by atoms with Crippen molar-refractivity contribution in [3.63, 3.8) is 0 Å². The second-order valence-electron chi connectivity index (χ2n) is 3.57. The Morgan fingerprint density at radius 2 is 2.05 bits per heavy atom. The van der Waals surface area contributed by atoms with Gasteiger partial charge in [0, 0.05) is 6.07 Å². The molecule has 0 saturated carbocycles. The van der Waals surface area contributed by atoms with Gasteiger partial charge in [0.15, 0.2) is 6.61 Å². The molecule has 116 valence electrons. The second-order valence-corrected chi connectivity index (χ2v) is 3.57. The van der Waals surface area contributed by atoms with Crippen molar-refractivity contribution in [2.24, 2.45) is 5.73 Å². The van der Waals surface area contributed by atoms with Crippen LogP contribution in [0.2, 0.25) is 0 Å². The maximum absolute atomic E-state index is 11.9. The fourth-order valence-electron chi connectivity index (χ4n) is 0.951. The van der Waals surface area contributed by atoms with Gasteiger partial charge in [-0.1, -0.05) is 0 Å². The van der Waals surface area contributed by atoms with Crippen LogP contribution in [-0.2, 0) is 4.79 Å². The Labute approximate surface area is 125 Å². The fraction of sp³-hybridized carbons (Fsp3) is 0.400. The molecule has 1 atom stereocenters. The Hall–Kier alpha value is -1.25. The van der Waals surface area contributed by atoms with Crippen molar-refractivity contribution in [1.29, 1.82) is 0 Å². The fourth-order valence-corrected chi connectivity index (χ4v) is 0.951. The quantitative estimate of drug-likeness (QED) is 0.883. The van der Waals surface area contributed by atoms with Gasteiger partial charge in [-0.2, -0.15) is 13.2 Å². The molecule has 3 N–H and O–H groups in total. The lowest BCUT2D eigenvalue weighted by Crippen LogP contribution is -2.32. The number of hydrogen-bond donors (Lipinski definition) is 2. The highest BCUT2D eigenvalue weighted by Gasteiger charge is 2.28. The maximum Gasteiger partial charge on any atom is 0.422 e. The van der Waals surface area contributed by atoms with Crippen LogP contribution in [-0.4, -0.2) is 29.7 Å².